The molecule has 1 atom stereocenters. The van der Waals surface area contributed by atoms with Gasteiger partial charge in [-0.3, -0.25) is 0 Å². The normalized spacial score (nSPS) is 12.2. The number of anilines is 2. The summed E-state index contributed by atoms with van der Waals surface area (Å²) in [5, 5.41) is 4.03. The third kappa shape index (κ3) is 3.58. The van der Waals surface area contributed by atoms with E-state index in [9.17, 15) is 0 Å². The van der Waals surface area contributed by atoms with Crippen molar-refractivity contribution in [1.82, 2.24) is 5.32 Å². The van der Waals surface area contributed by atoms with Crippen molar-refractivity contribution in [1.29, 1.82) is 0 Å². The quantitative estimate of drug-likeness (QED) is 0.828. The van der Waals surface area contributed by atoms with Crippen molar-refractivity contribution in [3.63, 3.8) is 0 Å². The number of hydrogen-bond acceptors (Lipinski definition) is 2. The molecule has 2 aromatic carbocycles. The Kier molecular flexibility index (Phi) is 5.27. The zero-order chi connectivity index (χ0) is 15.4. The summed E-state index contributed by atoms with van der Waals surface area (Å²) < 4.78 is 0. The van der Waals surface area contributed by atoms with Gasteiger partial charge in [-0.05, 0) is 57.6 Å². The van der Waals surface area contributed by atoms with Gasteiger partial charge in [-0.2, -0.15) is 0 Å². The molecule has 0 aliphatic heterocycles. The molecule has 3 heteroatoms. The Morgan fingerprint density at radius 3 is 2.33 bits per heavy atom. The minimum absolute atomic E-state index is 0.297. The Balaban J connectivity index is 2.36. The summed E-state index contributed by atoms with van der Waals surface area (Å²) in [6.45, 7) is 7.24. The van der Waals surface area contributed by atoms with Crippen molar-refractivity contribution in [2.24, 2.45) is 0 Å². The molecule has 0 radical (unpaired) electrons. The predicted molar refractivity (Wildman–Crippen MR) is 92.8 cm³/mol. The highest BCUT2D eigenvalue weighted by Gasteiger charge is 2.13. The molecule has 2 rings (SSSR count). The van der Waals surface area contributed by atoms with Crippen LogP contribution >= 0.6 is 11.6 Å². The minimum Gasteiger partial charge on any atom is -0.341 e. The van der Waals surface area contributed by atoms with Crippen LogP contribution in [-0.2, 0) is 0 Å². The summed E-state index contributed by atoms with van der Waals surface area (Å²) in [5.41, 5.74) is 4.68. The molecule has 0 amide bonds. The van der Waals surface area contributed by atoms with Crippen LogP contribution in [0.15, 0.2) is 42.5 Å². The molecule has 2 nitrogen and oxygen atoms in total. The third-order valence-electron chi connectivity index (χ3n) is 3.86. The Bertz CT molecular complexity index is 593. The third-order valence-corrected chi connectivity index (χ3v) is 4.16. The lowest BCUT2D eigenvalue weighted by Gasteiger charge is -2.25. The van der Waals surface area contributed by atoms with Gasteiger partial charge in [-0.1, -0.05) is 35.4 Å². The molecule has 0 fully saturated rings. The zero-order valence-electron chi connectivity index (χ0n) is 13.2. The molecular formula is C18H23ClN2. The summed E-state index contributed by atoms with van der Waals surface area (Å²) in [6.07, 6.45) is 0. The first kappa shape index (κ1) is 15.9. The average molecular weight is 303 g/mol. The van der Waals surface area contributed by atoms with Crippen LogP contribution in [0.2, 0.25) is 5.02 Å². The molecule has 1 N–H and O–H groups in total. The average Bonchev–Trinajstić information content (AvgIpc) is 2.50. The first-order chi connectivity index (χ1) is 10.1. The molecule has 2 aromatic rings. The Labute approximate surface area is 132 Å². The maximum absolute atomic E-state index is 6.52. The minimum atomic E-state index is 0.297. The highest BCUT2D eigenvalue weighted by atomic mass is 35.5. The van der Waals surface area contributed by atoms with Gasteiger partial charge in [0.25, 0.3) is 0 Å². The summed E-state index contributed by atoms with van der Waals surface area (Å²) in [5.74, 6) is 0. The number of nitrogens with one attached hydrogen (secondary N) is 1. The molecule has 0 heterocycles. The number of rotatable bonds is 5. The predicted octanol–water partition coefficient (Wildman–Crippen LogP) is 5.09. The molecule has 0 aromatic heterocycles. The van der Waals surface area contributed by atoms with E-state index in [4.69, 9.17) is 11.6 Å². The highest BCUT2D eigenvalue weighted by Crippen LogP contribution is 2.33. The van der Waals surface area contributed by atoms with Crippen LogP contribution in [0.4, 0.5) is 11.4 Å². The van der Waals surface area contributed by atoms with Crippen molar-refractivity contribution in [3.05, 3.63) is 58.6 Å². The molecule has 21 heavy (non-hydrogen) atoms. The van der Waals surface area contributed by atoms with E-state index in [1.54, 1.807) is 0 Å². The van der Waals surface area contributed by atoms with Gasteiger partial charge in [0.15, 0.2) is 0 Å². The van der Waals surface area contributed by atoms with Gasteiger partial charge in [-0.15, -0.1) is 0 Å². The van der Waals surface area contributed by atoms with Crippen molar-refractivity contribution in [2.45, 2.75) is 26.8 Å². The summed E-state index contributed by atoms with van der Waals surface area (Å²) >= 11 is 6.52. The number of benzene rings is 2. The van der Waals surface area contributed by atoms with Gasteiger partial charge in [0.2, 0.25) is 0 Å². The second kappa shape index (κ2) is 6.97. The fraction of sp³-hybridized carbons (Fsp3) is 0.333. The van der Waals surface area contributed by atoms with E-state index in [2.05, 4.69) is 73.5 Å². The van der Waals surface area contributed by atoms with Crippen LogP contribution in [0.1, 0.15) is 31.0 Å². The van der Waals surface area contributed by atoms with E-state index in [0.29, 0.717) is 6.04 Å². The van der Waals surface area contributed by atoms with Crippen LogP contribution in [0.5, 0.6) is 0 Å². The van der Waals surface area contributed by atoms with Crippen LogP contribution < -0.4 is 10.2 Å². The number of aryl methyl sites for hydroxylation is 1. The smallest absolute Gasteiger partial charge is 0.0646 e. The van der Waals surface area contributed by atoms with Crippen LogP contribution in [0, 0.1) is 6.92 Å². The van der Waals surface area contributed by atoms with E-state index in [1.807, 2.05) is 7.05 Å². The molecule has 0 aliphatic rings. The Morgan fingerprint density at radius 1 is 1.14 bits per heavy atom. The topological polar surface area (TPSA) is 15.3 Å². The standard InChI is InChI=1S/C18H23ClN2/c1-5-21(16-9-6-13(2)7-10-16)18-11-8-15(12-17(18)19)14(3)20-4/h6-12,14,20H,5H2,1-4H3. The maximum atomic E-state index is 6.52. The van der Waals surface area contributed by atoms with E-state index < -0.39 is 0 Å². The highest BCUT2D eigenvalue weighted by molar-refractivity contribution is 6.33. The van der Waals surface area contributed by atoms with Gasteiger partial charge >= 0.3 is 0 Å². The SMILES string of the molecule is CCN(c1ccc(C)cc1)c1ccc(C(C)NC)cc1Cl. The molecule has 0 spiro atoms. The lowest BCUT2D eigenvalue weighted by Crippen LogP contribution is -2.17. The second-order valence-electron chi connectivity index (χ2n) is 5.30. The summed E-state index contributed by atoms with van der Waals surface area (Å²) in [6, 6.07) is 15.1. The van der Waals surface area contributed by atoms with Gasteiger partial charge < -0.3 is 10.2 Å². The van der Waals surface area contributed by atoms with Crippen LogP contribution in [0.25, 0.3) is 0 Å². The monoisotopic (exact) mass is 302 g/mol. The lowest BCUT2D eigenvalue weighted by molar-refractivity contribution is 0.652. The second-order valence-corrected chi connectivity index (χ2v) is 5.71. The van der Waals surface area contributed by atoms with Gasteiger partial charge in [-0.25, -0.2) is 0 Å². The van der Waals surface area contributed by atoms with Crippen LogP contribution in [0.3, 0.4) is 0 Å². The van der Waals surface area contributed by atoms with Gasteiger partial charge in [0.05, 0.1) is 10.7 Å². The Hall–Kier alpha value is -1.51. The maximum Gasteiger partial charge on any atom is 0.0646 e. The molecule has 0 saturated heterocycles. The van der Waals surface area contributed by atoms with Gasteiger partial charge in [0.1, 0.15) is 0 Å². The van der Waals surface area contributed by atoms with E-state index in [0.717, 1.165) is 17.3 Å². The fourth-order valence-electron chi connectivity index (χ4n) is 2.39. The number of hydrogen-bond donors (Lipinski definition) is 1. The van der Waals surface area contributed by atoms with Crippen molar-refractivity contribution < 1.29 is 0 Å². The molecule has 0 aliphatic carbocycles. The fourth-order valence-corrected chi connectivity index (χ4v) is 2.69. The Morgan fingerprint density at radius 2 is 1.81 bits per heavy atom. The van der Waals surface area contributed by atoms with Crippen molar-refractivity contribution in [2.75, 3.05) is 18.5 Å². The molecule has 1 unspecified atom stereocenters. The number of halogens is 1. The molecule has 0 saturated carbocycles. The first-order valence-electron chi connectivity index (χ1n) is 7.37. The van der Waals surface area contributed by atoms with E-state index in [-0.39, 0.29) is 0 Å². The molecule has 112 valence electrons. The zero-order valence-corrected chi connectivity index (χ0v) is 13.9. The van der Waals surface area contributed by atoms with Crippen molar-refractivity contribution in [3.8, 4) is 0 Å². The largest absolute Gasteiger partial charge is 0.341 e. The van der Waals surface area contributed by atoms with E-state index >= 15 is 0 Å². The molecule has 0 bridgehead atoms. The number of nitrogens with zero attached hydrogens (tertiary/aromatic N) is 1. The lowest BCUT2D eigenvalue weighted by atomic mass is 10.1. The van der Waals surface area contributed by atoms with Crippen molar-refractivity contribution >= 4 is 23.0 Å². The summed E-state index contributed by atoms with van der Waals surface area (Å²) in [4.78, 5) is 2.23. The van der Waals surface area contributed by atoms with E-state index in [1.165, 1.54) is 16.8 Å². The van der Waals surface area contributed by atoms with Crippen LogP contribution in [-0.4, -0.2) is 13.6 Å². The summed E-state index contributed by atoms with van der Waals surface area (Å²) in [7, 11) is 1.96. The first-order valence-corrected chi connectivity index (χ1v) is 7.75. The molecular weight excluding hydrogens is 280 g/mol. The van der Waals surface area contributed by atoms with Gasteiger partial charge in [0, 0.05) is 18.3 Å².